The molecule has 0 fully saturated rings. The molecule has 5 heteroatoms. The molecule has 1 heterocycles. The van der Waals surface area contributed by atoms with Crippen molar-refractivity contribution in [2.24, 2.45) is 10.9 Å². The van der Waals surface area contributed by atoms with Crippen LogP contribution in [0, 0.1) is 20.8 Å². The van der Waals surface area contributed by atoms with Gasteiger partial charge in [-0.05, 0) is 26.3 Å². The average Bonchev–Trinajstić information content (AvgIpc) is 2.42. The Morgan fingerprint density at radius 1 is 1.50 bits per heavy atom. The molecule has 5 nitrogen and oxygen atoms in total. The van der Waals surface area contributed by atoms with Gasteiger partial charge in [-0.3, -0.25) is 4.68 Å². The Bertz CT molecular complexity index is 354. The van der Waals surface area contributed by atoms with E-state index < -0.39 is 0 Å². The molecule has 1 aromatic heterocycles. The first-order chi connectivity index (χ1) is 6.56. The largest absolute Gasteiger partial charge is 0.409 e. The smallest absolute Gasteiger partial charge is 0.140 e. The van der Waals surface area contributed by atoms with Gasteiger partial charge in [0.25, 0.3) is 0 Å². The molecule has 3 N–H and O–H groups in total. The first-order valence-corrected chi connectivity index (χ1v) is 4.53. The van der Waals surface area contributed by atoms with Crippen LogP contribution in [0.15, 0.2) is 5.16 Å². The molecule has 0 aliphatic carbocycles. The highest BCUT2D eigenvalue weighted by Crippen LogP contribution is 2.10. The minimum absolute atomic E-state index is 0.232. The highest BCUT2D eigenvalue weighted by molar-refractivity contribution is 5.79. The van der Waals surface area contributed by atoms with Crippen molar-refractivity contribution in [3.8, 4) is 0 Å². The molecular weight excluding hydrogens is 180 g/mol. The van der Waals surface area contributed by atoms with Gasteiger partial charge in [0.05, 0.1) is 5.69 Å². The molecule has 0 aliphatic heterocycles. The molecule has 0 spiro atoms. The molecule has 0 amide bonds. The summed E-state index contributed by atoms with van der Waals surface area (Å²) in [5, 5.41) is 15.6. The van der Waals surface area contributed by atoms with Gasteiger partial charge in [0.1, 0.15) is 5.84 Å². The summed E-state index contributed by atoms with van der Waals surface area (Å²) >= 11 is 0. The Morgan fingerprint density at radius 2 is 2.14 bits per heavy atom. The van der Waals surface area contributed by atoms with Crippen molar-refractivity contribution in [2.45, 2.75) is 33.7 Å². The number of hydrogen-bond acceptors (Lipinski definition) is 3. The minimum Gasteiger partial charge on any atom is -0.409 e. The van der Waals surface area contributed by atoms with Gasteiger partial charge in [-0.25, -0.2) is 0 Å². The molecule has 0 unspecified atom stereocenters. The second-order valence-corrected chi connectivity index (χ2v) is 3.36. The predicted molar refractivity (Wildman–Crippen MR) is 54.5 cm³/mol. The third-order valence-corrected chi connectivity index (χ3v) is 2.45. The first-order valence-electron chi connectivity index (χ1n) is 4.53. The molecule has 0 atom stereocenters. The van der Waals surface area contributed by atoms with Crippen LogP contribution in [-0.2, 0) is 6.54 Å². The van der Waals surface area contributed by atoms with Gasteiger partial charge < -0.3 is 10.9 Å². The van der Waals surface area contributed by atoms with Crippen molar-refractivity contribution >= 4 is 5.84 Å². The molecule has 1 aromatic rings. The lowest BCUT2D eigenvalue weighted by Crippen LogP contribution is -2.15. The Hall–Kier alpha value is -1.52. The average molecular weight is 196 g/mol. The number of nitrogens with zero attached hydrogens (tertiary/aromatic N) is 3. The maximum absolute atomic E-state index is 8.38. The Kier molecular flexibility index (Phi) is 3.11. The molecular formula is C9H16N4O. The monoisotopic (exact) mass is 196 g/mol. The number of rotatable bonds is 3. The van der Waals surface area contributed by atoms with Crippen LogP contribution in [0.25, 0.3) is 0 Å². The van der Waals surface area contributed by atoms with Crippen LogP contribution >= 0.6 is 0 Å². The SMILES string of the molecule is Cc1nn(CCC(N)=NO)c(C)c1C. The van der Waals surface area contributed by atoms with Gasteiger partial charge >= 0.3 is 0 Å². The van der Waals surface area contributed by atoms with Gasteiger partial charge in [0.2, 0.25) is 0 Å². The molecule has 0 radical (unpaired) electrons. The summed E-state index contributed by atoms with van der Waals surface area (Å²) in [6, 6.07) is 0. The zero-order chi connectivity index (χ0) is 10.7. The lowest BCUT2D eigenvalue weighted by Gasteiger charge is -2.03. The second kappa shape index (κ2) is 4.13. The summed E-state index contributed by atoms with van der Waals surface area (Å²) in [4.78, 5) is 0. The summed E-state index contributed by atoms with van der Waals surface area (Å²) in [5.74, 6) is 0.232. The van der Waals surface area contributed by atoms with Gasteiger partial charge in [-0.1, -0.05) is 5.16 Å². The minimum atomic E-state index is 0.232. The first kappa shape index (κ1) is 10.6. The van der Waals surface area contributed by atoms with E-state index in [9.17, 15) is 0 Å². The lowest BCUT2D eigenvalue weighted by atomic mass is 10.2. The maximum Gasteiger partial charge on any atom is 0.140 e. The lowest BCUT2D eigenvalue weighted by molar-refractivity contribution is 0.316. The highest BCUT2D eigenvalue weighted by atomic mass is 16.4. The molecule has 0 saturated heterocycles. The summed E-state index contributed by atoms with van der Waals surface area (Å²) in [6.07, 6.45) is 0.512. The fourth-order valence-corrected chi connectivity index (χ4v) is 1.27. The van der Waals surface area contributed by atoms with Crippen LogP contribution in [0.4, 0.5) is 0 Å². The zero-order valence-electron chi connectivity index (χ0n) is 8.78. The number of aryl methyl sites for hydroxylation is 2. The zero-order valence-corrected chi connectivity index (χ0v) is 8.78. The normalized spacial score (nSPS) is 12.1. The summed E-state index contributed by atoms with van der Waals surface area (Å²) < 4.78 is 1.88. The third-order valence-electron chi connectivity index (χ3n) is 2.45. The fraction of sp³-hybridized carbons (Fsp3) is 0.556. The quantitative estimate of drug-likeness (QED) is 0.327. The second-order valence-electron chi connectivity index (χ2n) is 3.36. The molecule has 78 valence electrons. The van der Waals surface area contributed by atoms with Crippen LogP contribution in [-0.4, -0.2) is 20.8 Å². The van der Waals surface area contributed by atoms with E-state index in [1.807, 2.05) is 25.5 Å². The summed E-state index contributed by atoms with van der Waals surface area (Å²) in [7, 11) is 0. The van der Waals surface area contributed by atoms with Gasteiger partial charge in [0.15, 0.2) is 0 Å². The van der Waals surface area contributed by atoms with E-state index in [4.69, 9.17) is 10.9 Å². The number of aromatic nitrogens is 2. The highest BCUT2D eigenvalue weighted by Gasteiger charge is 2.06. The number of nitrogens with two attached hydrogens (primary N) is 1. The number of amidine groups is 1. The van der Waals surface area contributed by atoms with Crippen LogP contribution in [0.5, 0.6) is 0 Å². The van der Waals surface area contributed by atoms with E-state index in [2.05, 4.69) is 10.3 Å². The van der Waals surface area contributed by atoms with E-state index in [-0.39, 0.29) is 5.84 Å². The van der Waals surface area contributed by atoms with Gasteiger partial charge in [-0.2, -0.15) is 5.10 Å². The van der Waals surface area contributed by atoms with E-state index in [1.165, 1.54) is 5.56 Å². The van der Waals surface area contributed by atoms with Crippen molar-refractivity contribution < 1.29 is 5.21 Å². The molecule has 0 saturated carbocycles. The van der Waals surface area contributed by atoms with Crippen molar-refractivity contribution in [2.75, 3.05) is 0 Å². The Balaban J connectivity index is 2.73. The molecule has 0 bridgehead atoms. The number of oxime groups is 1. The van der Waals surface area contributed by atoms with Gasteiger partial charge in [-0.15, -0.1) is 0 Å². The van der Waals surface area contributed by atoms with E-state index in [0.29, 0.717) is 13.0 Å². The van der Waals surface area contributed by atoms with E-state index in [0.717, 1.165) is 11.4 Å². The van der Waals surface area contributed by atoms with Crippen molar-refractivity contribution in [1.82, 2.24) is 9.78 Å². The van der Waals surface area contributed by atoms with Gasteiger partial charge in [0, 0.05) is 18.7 Å². The molecule has 0 aliphatic rings. The fourth-order valence-electron chi connectivity index (χ4n) is 1.27. The Morgan fingerprint density at radius 3 is 2.57 bits per heavy atom. The third kappa shape index (κ3) is 2.04. The molecule has 14 heavy (non-hydrogen) atoms. The molecule has 0 aromatic carbocycles. The standard InChI is InChI=1S/C9H16N4O/c1-6-7(2)11-13(8(6)3)5-4-9(10)12-14/h14H,4-5H2,1-3H3,(H2,10,12). The van der Waals surface area contributed by atoms with Crippen LogP contribution < -0.4 is 5.73 Å². The van der Waals surface area contributed by atoms with E-state index >= 15 is 0 Å². The van der Waals surface area contributed by atoms with E-state index in [1.54, 1.807) is 0 Å². The predicted octanol–water partition coefficient (Wildman–Crippen LogP) is 0.945. The van der Waals surface area contributed by atoms with Crippen LogP contribution in [0.1, 0.15) is 23.4 Å². The Labute approximate surface area is 83.2 Å². The van der Waals surface area contributed by atoms with Crippen LogP contribution in [0.3, 0.4) is 0 Å². The summed E-state index contributed by atoms with van der Waals surface area (Å²) in [5.41, 5.74) is 8.74. The summed E-state index contributed by atoms with van der Waals surface area (Å²) in [6.45, 7) is 6.68. The maximum atomic E-state index is 8.38. The number of hydrogen-bond donors (Lipinski definition) is 2. The molecule has 1 rings (SSSR count). The van der Waals surface area contributed by atoms with Crippen LogP contribution in [0.2, 0.25) is 0 Å². The van der Waals surface area contributed by atoms with Crippen molar-refractivity contribution in [3.05, 3.63) is 17.0 Å². The van der Waals surface area contributed by atoms with Crippen molar-refractivity contribution in [3.63, 3.8) is 0 Å². The van der Waals surface area contributed by atoms with Crippen molar-refractivity contribution in [1.29, 1.82) is 0 Å². The topological polar surface area (TPSA) is 76.4 Å².